The van der Waals surface area contributed by atoms with Crippen molar-refractivity contribution in [3.05, 3.63) is 17.1 Å². The summed E-state index contributed by atoms with van der Waals surface area (Å²) < 4.78 is 5.13. The van der Waals surface area contributed by atoms with Crippen LogP contribution < -0.4 is 10.1 Å². The molecule has 5 heteroatoms. The van der Waals surface area contributed by atoms with E-state index in [1.165, 1.54) is 0 Å². The summed E-state index contributed by atoms with van der Waals surface area (Å²) in [5.74, 6) is 0.667. The summed E-state index contributed by atoms with van der Waals surface area (Å²) in [6, 6.07) is 2.10. The van der Waals surface area contributed by atoms with E-state index in [4.69, 9.17) is 10.00 Å². The molecule has 0 fully saturated rings. The highest BCUT2D eigenvalue weighted by atomic mass is 16.5. The van der Waals surface area contributed by atoms with Crippen LogP contribution in [0.5, 0.6) is 5.88 Å². The van der Waals surface area contributed by atoms with Crippen molar-refractivity contribution in [3.8, 4) is 11.9 Å². The van der Waals surface area contributed by atoms with E-state index in [0.717, 1.165) is 11.3 Å². The number of rotatable bonds is 1. The zero-order chi connectivity index (χ0) is 10.1. The third-order valence-electron chi connectivity index (χ3n) is 2.29. The minimum atomic E-state index is 0.163. The molecule has 1 aromatic heterocycles. The topological polar surface area (TPSA) is 70.8 Å². The van der Waals surface area contributed by atoms with Crippen molar-refractivity contribution < 1.29 is 4.74 Å². The predicted molar refractivity (Wildman–Crippen MR) is 48.6 cm³/mol. The van der Waals surface area contributed by atoms with Crippen molar-refractivity contribution in [2.24, 2.45) is 0 Å². The first-order chi connectivity index (χ1) is 6.76. The van der Waals surface area contributed by atoms with E-state index >= 15 is 0 Å². The molecular formula is C9H10N4O. The van der Waals surface area contributed by atoms with Gasteiger partial charge >= 0.3 is 0 Å². The maximum atomic E-state index is 8.70. The van der Waals surface area contributed by atoms with E-state index in [2.05, 4.69) is 15.3 Å². The fourth-order valence-electron chi connectivity index (χ4n) is 1.62. The van der Waals surface area contributed by atoms with Gasteiger partial charge in [-0.1, -0.05) is 0 Å². The molecule has 1 unspecified atom stereocenters. The molecule has 1 aliphatic heterocycles. The van der Waals surface area contributed by atoms with Gasteiger partial charge in [-0.25, -0.2) is 4.98 Å². The Morgan fingerprint density at radius 3 is 3.00 bits per heavy atom. The zero-order valence-corrected chi connectivity index (χ0v) is 8.03. The lowest BCUT2D eigenvalue weighted by Gasteiger charge is -2.08. The second-order valence-corrected chi connectivity index (χ2v) is 3.13. The van der Waals surface area contributed by atoms with E-state index in [0.29, 0.717) is 12.4 Å². The number of nitrogens with one attached hydrogen (secondary N) is 1. The Labute approximate surface area is 81.7 Å². The summed E-state index contributed by atoms with van der Waals surface area (Å²) in [6.45, 7) is 2.69. The summed E-state index contributed by atoms with van der Waals surface area (Å²) in [7, 11) is 1.55. The van der Waals surface area contributed by atoms with E-state index in [1.807, 2.05) is 13.0 Å². The molecule has 0 radical (unpaired) electrons. The van der Waals surface area contributed by atoms with Crippen LogP contribution in [0.1, 0.15) is 30.0 Å². The van der Waals surface area contributed by atoms with Gasteiger partial charge < -0.3 is 10.1 Å². The molecule has 0 spiro atoms. The van der Waals surface area contributed by atoms with Crippen LogP contribution in [0.3, 0.4) is 0 Å². The van der Waals surface area contributed by atoms with Crippen LogP contribution in [-0.4, -0.2) is 17.1 Å². The maximum absolute atomic E-state index is 8.70. The molecule has 5 nitrogen and oxygen atoms in total. The lowest BCUT2D eigenvalue weighted by atomic mass is 10.1. The third-order valence-corrected chi connectivity index (χ3v) is 2.29. The first-order valence-electron chi connectivity index (χ1n) is 4.34. The molecule has 14 heavy (non-hydrogen) atoms. The molecule has 0 bridgehead atoms. The molecular weight excluding hydrogens is 180 g/mol. The monoisotopic (exact) mass is 190 g/mol. The van der Waals surface area contributed by atoms with Gasteiger partial charge in [-0.3, -0.25) is 0 Å². The zero-order valence-electron chi connectivity index (χ0n) is 8.03. The van der Waals surface area contributed by atoms with Crippen LogP contribution >= 0.6 is 0 Å². The van der Waals surface area contributed by atoms with Gasteiger partial charge in [0, 0.05) is 12.6 Å². The molecule has 1 N–H and O–H groups in total. The fraction of sp³-hybridized carbons (Fsp3) is 0.444. The highest BCUT2D eigenvalue weighted by Crippen LogP contribution is 2.30. The molecule has 1 aromatic rings. The number of methoxy groups -OCH3 is 1. The predicted octanol–water partition coefficient (Wildman–Crippen LogP) is 0.521. The molecule has 0 aliphatic carbocycles. The Morgan fingerprint density at radius 2 is 2.36 bits per heavy atom. The summed E-state index contributed by atoms with van der Waals surface area (Å²) in [5.41, 5.74) is 1.83. The summed E-state index contributed by atoms with van der Waals surface area (Å²) in [4.78, 5) is 8.11. The Kier molecular flexibility index (Phi) is 2.06. The Morgan fingerprint density at radius 1 is 1.57 bits per heavy atom. The number of aromatic nitrogens is 2. The van der Waals surface area contributed by atoms with E-state index < -0.39 is 0 Å². The minimum absolute atomic E-state index is 0.163. The number of nitrogens with zero attached hydrogens (tertiary/aromatic N) is 3. The van der Waals surface area contributed by atoms with Crippen molar-refractivity contribution in [3.63, 3.8) is 0 Å². The molecule has 0 aromatic carbocycles. The third kappa shape index (κ3) is 1.20. The van der Waals surface area contributed by atoms with Crippen LogP contribution in [0, 0.1) is 11.3 Å². The SMILES string of the molecule is COc1nc(C#N)nc2c1C(C)NC2. The van der Waals surface area contributed by atoms with E-state index in [-0.39, 0.29) is 11.9 Å². The standard InChI is InChI=1S/C9H10N4O/c1-5-8-6(4-11-5)12-7(3-10)13-9(8)14-2/h5,11H,4H2,1-2H3. The first-order valence-corrected chi connectivity index (χ1v) is 4.34. The first kappa shape index (κ1) is 8.91. The second-order valence-electron chi connectivity index (χ2n) is 3.13. The van der Waals surface area contributed by atoms with Gasteiger partial charge in [0.15, 0.2) is 0 Å². The lowest BCUT2D eigenvalue weighted by molar-refractivity contribution is 0.387. The van der Waals surface area contributed by atoms with E-state index in [1.54, 1.807) is 7.11 Å². The van der Waals surface area contributed by atoms with Crippen molar-refractivity contribution >= 4 is 0 Å². The van der Waals surface area contributed by atoms with Crippen LogP contribution in [0.2, 0.25) is 0 Å². The molecule has 0 saturated carbocycles. The summed E-state index contributed by atoms with van der Waals surface area (Å²) in [6.07, 6.45) is 0. The van der Waals surface area contributed by atoms with Gasteiger partial charge in [-0.15, -0.1) is 0 Å². The van der Waals surface area contributed by atoms with Gasteiger partial charge in [0.1, 0.15) is 6.07 Å². The average Bonchev–Trinajstić information content (AvgIpc) is 2.59. The molecule has 1 atom stereocenters. The number of nitriles is 1. The maximum Gasteiger partial charge on any atom is 0.235 e. The van der Waals surface area contributed by atoms with Crippen LogP contribution in [-0.2, 0) is 6.54 Å². The van der Waals surface area contributed by atoms with Crippen LogP contribution in [0.4, 0.5) is 0 Å². The quantitative estimate of drug-likeness (QED) is 0.699. The Bertz CT molecular complexity index is 410. The van der Waals surface area contributed by atoms with Crippen LogP contribution in [0.15, 0.2) is 0 Å². The van der Waals surface area contributed by atoms with Crippen molar-refractivity contribution in [1.82, 2.24) is 15.3 Å². The van der Waals surface area contributed by atoms with Crippen molar-refractivity contribution in [2.45, 2.75) is 19.5 Å². The van der Waals surface area contributed by atoms with Crippen LogP contribution in [0.25, 0.3) is 0 Å². The normalized spacial score (nSPS) is 18.8. The second kappa shape index (κ2) is 3.24. The smallest absolute Gasteiger partial charge is 0.235 e. The number of ether oxygens (including phenoxy) is 1. The molecule has 2 rings (SSSR count). The number of hydrogen-bond acceptors (Lipinski definition) is 5. The molecule has 0 amide bonds. The fourth-order valence-corrected chi connectivity index (χ4v) is 1.62. The Balaban J connectivity index is 2.60. The van der Waals surface area contributed by atoms with Crippen molar-refractivity contribution in [1.29, 1.82) is 5.26 Å². The highest BCUT2D eigenvalue weighted by Gasteiger charge is 2.25. The van der Waals surface area contributed by atoms with Gasteiger partial charge in [-0.2, -0.15) is 10.2 Å². The molecule has 72 valence electrons. The minimum Gasteiger partial charge on any atom is -0.481 e. The largest absolute Gasteiger partial charge is 0.481 e. The molecule has 1 aliphatic rings. The van der Waals surface area contributed by atoms with Crippen molar-refractivity contribution in [2.75, 3.05) is 7.11 Å². The summed E-state index contributed by atoms with van der Waals surface area (Å²) in [5, 5.41) is 11.9. The molecule has 0 saturated heterocycles. The Hall–Kier alpha value is -1.67. The van der Waals surface area contributed by atoms with E-state index in [9.17, 15) is 0 Å². The average molecular weight is 190 g/mol. The molecule has 2 heterocycles. The summed E-state index contributed by atoms with van der Waals surface area (Å²) >= 11 is 0. The van der Waals surface area contributed by atoms with Gasteiger partial charge in [-0.05, 0) is 6.92 Å². The highest BCUT2D eigenvalue weighted by molar-refractivity contribution is 5.38. The number of hydrogen-bond donors (Lipinski definition) is 1. The van der Waals surface area contributed by atoms with Gasteiger partial charge in [0.05, 0.1) is 18.4 Å². The lowest BCUT2D eigenvalue weighted by Crippen LogP contribution is -2.08. The van der Waals surface area contributed by atoms with Gasteiger partial charge in [0.25, 0.3) is 0 Å². The van der Waals surface area contributed by atoms with Gasteiger partial charge in [0.2, 0.25) is 11.7 Å². The number of fused-ring (bicyclic) bond motifs is 1.